The number of carbonyl (C=O) groups is 2. The fourth-order valence-electron chi connectivity index (χ4n) is 4.89. The standard InChI is InChI=1S/C29H20N4O4/c1-16-20(5-3-7-22(16)28-32-25-12-33(15-35)13-26(25)36-28)21-6-4-8-23(17(21)2)29-31-24-10-18(14-34)9-19(11-30)27(24)37-29/h3-10,14-15H,12-13H2,1-2H3. The molecule has 1 amide bonds. The molecule has 5 aromatic rings. The normalized spacial score (nSPS) is 12.5. The predicted octanol–water partition coefficient (Wildman–Crippen LogP) is 5.59. The molecular formula is C29H20N4O4. The van der Waals surface area contributed by atoms with E-state index in [1.54, 1.807) is 11.0 Å². The molecule has 0 spiro atoms. The third kappa shape index (κ3) is 3.60. The lowest BCUT2D eigenvalue weighted by molar-refractivity contribution is -0.118. The van der Waals surface area contributed by atoms with E-state index in [-0.39, 0.29) is 5.56 Å². The van der Waals surface area contributed by atoms with Crippen LogP contribution in [0.5, 0.6) is 0 Å². The van der Waals surface area contributed by atoms with Crippen molar-refractivity contribution in [1.82, 2.24) is 14.9 Å². The lowest BCUT2D eigenvalue weighted by atomic mass is 9.91. The number of carbonyl (C=O) groups excluding carboxylic acids is 2. The van der Waals surface area contributed by atoms with Gasteiger partial charge in [0.2, 0.25) is 18.2 Å². The van der Waals surface area contributed by atoms with Crippen LogP contribution in [0.1, 0.15) is 38.5 Å². The minimum Gasteiger partial charge on any atom is -0.439 e. The van der Waals surface area contributed by atoms with Gasteiger partial charge in [-0.15, -0.1) is 0 Å². The second kappa shape index (κ2) is 8.57. The van der Waals surface area contributed by atoms with Crippen LogP contribution in [-0.2, 0) is 17.9 Å². The number of aromatic nitrogens is 2. The van der Waals surface area contributed by atoms with Crippen LogP contribution in [0.25, 0.3) is 45.1 Å². The molecule has 0 N–H and O–H groups in total. The number of amides is 1. The number of aldehydes is 1. The molecule has 180 valence electrons. The smallest absolute Gasteiger partial charge is 0.227 e. The first kappa shape index (κ1) is 22.4. The average molecular weight is 489 g/mol. The van der Waals surface area contributed by atoms with Crippen molar-refractivity contribution in [2.75, 3.05) is 0 Å². The van der Waals surface area contributed by atoms with E-state index in [2.05, 4.69) is 16.0 Å². The maximum atomic E-state index is 11.3. The van der Waals surface area contributed by atoms with Gasteiger partial charge in [0.05, 0.1) is 18.7 Å². The topological polar surface area (TPSA) is 113 Å². The highest BCUT2D eigenvalue weighted by molar-refractivity contribution is 5.89. The lowest BCUT2D eigenvalue weighted by Crippen LogP contribution is -2.13. The molecule has 0 bridgehead atoms. The molecule has 1 aliphatic heterocycles. The van der Waals surface area contributed by atoms with E-state index < -0.39 is 0 Å². The summed E-state index contributed by atoms with van der Waals surface area (Å²) in [5, 5.41) is 9.51. The van der Waals surface area contributed by atoms with E-state index in [0.717, 1.165) is 51.2 Å². The van der Waals surface area contributed by atoms with Crippen molar-refractivity contribution in [3.8, 4) is 40.1 Å². The Bertz CT molecular complexity index is 1750. The zero-order chi connectivity index (χ0) is 25.7. The van der Waals surface area contributed by atoms with Crippen molar-refractivity contribution in [3.63, 3.8) is 0 Å². The van der Waals surface area contributed by atoms with Crippen molar-refractivity contribution < 1.29 is 18.4 Å². The van der Waals surface area contributed by atoms with Crippen LogP contribution in [0.2, 0.25) is 0 Å². The number of rotatable bonds is 5. The second-order valence-electron chi connectivity index (χ2n) is 9.02. The summed E-state index contributed by atoms with van der Waals surface area (Å²) in [4.78, 5) is 33.2. The van der Waals surface area contributed by atoms with Gasteiger partial charge in [-0.2, -0.15) is 5.26 Å². The highest BCUT2D eigenvalue weighted by Gasteiger charge is 2.26. The molecule has 0 aliphatic carbocycles. The van der Waals surface area contributed by atoms with E-state index in [1.165, 1.54) is 6.07 Å². The molecule has 1 aliphatic rings. The van der Waals surface area contributed by atoms with Crippen LogP contribution < -0.4 is 0 Å². The van der Waals surface area contributed by atoms with E-state index in [0.29, 0.717) is 47.8 Å². The zero-order valence-corrected chi connectivity index (χ0v) is 20.1. The molecule has 0 unspecified atom stereocenters. The summed E-state index contributed by atoms with van der Waals surface area (Å²) >= 11 is 0. The monoisotopic (exact) mass is 488 g/mol. The van der Waals surface area contributed by atoms with Gasteiger partial charge in [0.15, 0.2) is 5.58 Å². The first-order valence-corrected chi connectivity index (χ1v) is 11.7. The van der Waals surface area contributed by atoms with E-state index >= 15 is 0 Å². The number of nitrogens with zero attached hydrogens (tertiary/aromatic N) is 4. The largest absolute Gasteiger partial charge is 0.439 e. The SMILES string of the molecule is Cc1c(-c2nc3c(o2)CN(C=O)C3)cccc1-c1cccc(-c2nc3cc(C=O)cc(C#N)c3o2)c1C. The lowest BCUT2D eigenvalue weighted by Gasteiger charge is -2.14. The highest BCUT2D eigenvalue weighted by atomic mass is 16.4. The zero-order valence-electron chi connectivity index (χ0n) is 20.1. The average Bonchev–Trinajstić information content (AvgIpc) is 3.61. The van der Waals surface area contributed by atoms with E-state index in [1.807, 2.05) is 50.2 Å². The van der Waals surface area contributed by atoms with Crippen molar-refractivity contribution in [3.05, 3.63) is 82.2 Å². The summed E-state index contributed by atoms with van der Waals surface area (Å²) < 4.78 is 12.0. The minimum absolute atomic E-state index is 0.268. The van der Waals surface area contributed by atoms with Gasteiger partial charge in [-0.25, -0.2) is 9.97 Å². The maximum Gasteiger partial charge on any atom is 0.227 e. The predicted molar refractivity (Wildman–Crippen MR) is 135 cm³/mol. The Balaban J connectivity index is 1.43. The highest BCUT2D eigenvalue weighted by Crippen LogP contribution is 2.38. The molecule has 3 aromatic carbocycles. The molecule has 6 rings (SSSR count). The van der Waals surface area contributed by atoms with Crippen LogP contribution in [0, 0.1) is 25.2 Å². The molecule has 0 fully saturated rings. The molecule has 0 saturated heterocycles. The van der Waals surface area contributed by atoms with Gasteiger partial charge in [0, 0.05) is 16.7 Å². The molecule has 37 heavy (non-hydrogen) atoms. The number of benzene rings is 3. The Kier molecular flexibility index (Phi) is 5.20. The Morgan fingerprint density at radius 2 is 1.54 bits per heavy atom. The summed E-state index contributed by atoms with van der Waals surface area (Å²) in [6.07, 6.45) is 1.49. The third-order valence-corrected chi connectivity index (χ3v) is 6.81. The van der Waals surface area contributed by atoms with Crippen LogP contribution in [-0.4, -0.2) is 27.6 Å². The number of hydrogen-bond donors (Lipinski definition) is 0. The van der Waals surface area contributed by atoms with Crippen LogP contribution in [0.15, 0.2) is 57.4 Å². The molecule has 2 aromatic heterocycles. The van der Waals surface area contributed by atoms with Crippen molar-refractivity contribution in [2.24, 2.45) is 0 Å². The number of hydrogen-bond acceptors (Lipinski definition) is 7. The molecule has 3 heterocycles. The molecule has 0 atom stereocenters. The first-order chi connectivity index (χ1) is 18.0. The van der Waals surface area contributed by atoms with Crippen molar-refractivity contribution >= 4 is 23.8 Å². The summed E-state index contributed by atoms with van der Waals surface area (Å²) in [5.74, 6) is 1.64. The number of nitriles is 1. The number of fused-ring (bicyclic) bond motifs is 2. The fourth-order valence-corrected chi connectivity index (χ4v) is 4.89. The maximum absolute atomic E-state index is 11.3. The Morgan fingerprint density at radius 1 is 0.892 bits per heavy atom. The second-order valence-corrected chi connectivity index (χ2v) is 9.02. The molecule has 8 nitrogen and oxygen atoms in total. The summed E-state index contributed by atoms with van der Waals surface area (Å²) in [7, 11) is 0. The fraction of sp³-hybridized carbons (Fsp3) is 0.138. The molecule has 0 saturated carbocycles. The van der Waals surface area contributed by atoms with Crippen LogP contribution >= 0.6 is 0 Å². The Hall–Kier alpha value is -5.03. The number of oxazole rings is 2. The van der Waals surface area contributed by atoms with Crippen LogP contribution in [0.4, 0.5) is 0 Å². The molecule has 8 heteroatoms. The molecular weight excluding hydrogens is 468 g/mol. The summed E-state index contributed by atoms with van der Waals surface area (Å²) in [6.45, 7) is 4.91. The Morgan fingerprint density at radius 3 is 2.14 bits per heavy atom. The summed E-state index contributed by atoms with van der Waals surface area (Å²) in [6, 6.07) is 17.1. The van der Waals surface area contributed by atoms with Gasteiger partial charge in [-0.1, -0.05) is 24.3 Å². The van der Waals surface area contributed by atoms with E-state index in [9.17, 15) is 14.9 Å². The molecule has 0 radical (unpaired) electrons. The van der Waals surface area contributed by atoms with E-state index in [4.69, 9.17) is 8.83 Å². The quantitative estimate of drug-likeness (QED) is 0.296. The van der Waals surface area contributed by atoms with Crippen LogP contribution in [0.3, 0.4) is 0 Å². The Labute approximate surface area is 211 Å². The van der Waals surface area contributed by atoms with Gasteiger partial charge < -0.3 is 13.7 Å². The first-order valence-electron chi connectivity index (χ1n) is 11.7. The van der Waals surface area contributed by atoms with Crippen molar-refractivity contribution in [1.29, 1.82) is 5.26 Å². The van der Waals surface area contributed by atoms with Crippen molar-refractivity contribution in [2.45, 2.75) is 26.9 Å². The van der Waals surface area contributed by atoms with Gasteiger partial charge in [0.25, 0.3) is 0 Å². The summed E-state index contributed by atoms with van der Waals surface area (Å²) in [5.41, 5.74) is 7.91. The van der Waals surface area contributed by atoms with Gasteiger partial charge in [-0.05, 0) is 60.4 Å². The van der Waals surface area contributed by atoms with Gasteiger partial charge in [-0.3, -0.25) is 9.59 Å². The van der Waals surface area contributed by atoms with Gasteiger partial charge >= 0.3 is 0 Å². The minimum atomic E-state index is 0.268. The van der Waals surface area contributed by atoms with Gasteiger partial charge in [0.1, 0.15) is 29.3 Å². The third-order valence-electron chi connectivity index (χ3n) is 6.81.